The molecule has 0 aliphatic heterocycles. The highest BCUT2D eigenvalue weighted by Crippen LogP contribution is 2.24. The van der Waals surface area contributed by atoms with Crippen molar-refractivity contribution >= 4 is 29.7 Å². The Bertz CT molecular complexity index is 1200. The Morgan fingerprint density at radius 1 is 1.07 bits per heavy atom. The van der Waals surface area contributed by atoms with Gasteiger partial charge in [0.25, 0.3) is 5.95 Å². The molecule has 0 aliphatic rings. The van der Waals surface area contributed by atoms with Gasteiger partial charge in [-0.25, -0.2) is 5.43 Å². The molecular formula is C20H16N8OS. The summed E-state index contributed by atoms with van der Waals surface area (Å²) >= 11 is 4.91. The molecule has 1 aromatic heterocycles. The minimum atomic E-state index is -1.13. The Kier molecular flexibility index (Phi) is 6.33. The molecule has 0 radical (unpaired) electrons. The van der Waals surface area contributed by atoms with Crippen LogP contribution in [0.4, 0.5) is 5.95 Å². The second-order valence-corrected chi connectivity index (χ2v) is 6.53. The van der Waals surface area contributed by atoms with Crippen LogP contribution >= 0.6 is 12.2 Å². The third-order valence-corrected chi connectivity index (χ3v) is 4.42. The van der Waals surface area contributed by atoms with Crippen molar-refractivity contribution < 1.29 is 4.79 Å². The highest BCUT2D eigenvalue weighted by molar-refractivity contribution is 7.71. The Balaban J connectivity index is 2.06. The summed E-state index contributed by atoms with van der Waals surface area (Å²) in [6.07, 6.45) is 0. The van der Waals surface area contributed by atoms with E-state index in [0.29, 0.717) is 11.1 Å². The Morgan fingerprint density at radius 2 is 1.60 bits per heavy atom. The normalized spacial score (nSPS) is 12.9. The van der Waals surface area contributed by atoms with Gasteiger partial charge >= 0.3 is 0 Å². The minimum absolute atomic E-state index is 0.0447. The van der Waals surface area contributed by atoms with Gasteiger partial charge in [0.1, 0.15) is 17.5 Å². The molecule has 0 fully saturated rings. The largest absolute Gasteiger partial charge is 0.321 e. The number of rotatable bonds is 7. The van der Waals surface area contributed by atoms with Gasteiger partial charge in [0.05, 0.1) is 12.1 Å². The van der Waals surface area contributed by atoms with Gasteiger partial charge in [-0.2, -0.15) is 25.4 Å². The fourth-order valence-electron chi connectivity index (χ4n) is 2.80. The highest BCUT2D eigenvalue weighted by Gasteiger charge is 2.32. The zero-order valence-corrected chi connectivity index (χ0v) is 16.4. The van der Waals surface area contributed by atoms with Crippen molar-refractivity contribution in [3.8, 4) is 12.1 Å². The maximum atomic E-state index is 13.3. The standard InChI is InChI=1S/C20H16N8OS/c21-11-15(13-7-3-1-4-8-13)17(25-26-19-24-20(30)27-28(19)23)18(29)16(12-22)14-9-5-2-6-10-14/h1-10,15-16H,23H2,(H2,24,26,27,30)/b25-17-/t15-,16-/m0/s1. The number of Topliss-reactive ketones (excluding diaryl/α,β-unsaturated/α-hetero) is 1. The summed E-state index contributed by atoms with van der Waals surface area (Å²) in [5, 5.41) is 26.2. The number of H-pyrrole nitrogens is 1. The van der Waals surface area contributed by atoms with Crippen LogP contribution in [-0.4, -0.2) is 26.4 Å². The Morgan fingerprint density at radius 3 is 2.07 bits per heavy atom. The maximum Gasteiger partial charge on any atom is 0.261 e. The topological polar surface area (TPSA) is 149 Å². The summed E-state index contributed by atoms with van der Waals surface area (Å²) < 4.78 is 0.113. The molecule has 10 heteroatoms. The molecule has 30 heavy (non-hydrogen) atoms. The molecule has 2 atom stereocenters. The summed E-state index contributed by atoms with van der Waals surface area (Å²) in [7, 11) is 0. The number of aromatic amines is 1. The predicted molar refractivity (Wildman–Crippen MR) is 113 cm³/mol. The van der Waals surface area contributed by atoms with E-state index in [2.05, 4.69) is 26.7 Å². The number of ketones is 1. The smallest absolute Gasteiger partial charge is 0.261 e. The molecule has 0 amide bonds. The first-order valence-corrected chi connectivity index (χ1v) is 9.17. The summed E-state index contributed by atoms with van der Waals surface area (Å²) in [6.45, 7) is 0. The van der Waals surface area contributed by atoms with Crippen LogP contribution in [0, 0.1) is 27.4 Å². The monoisotopic (exact) mass is 416 g/mol. The molecule has 0 bridgehead atoms. The summed E-state index contributed by atoms with van der Waals surface area (Å²) in [5.74, 6) is 2.99. The molecule has 9 nitrogen and oxygen atoms in total. The fourth-order valence-corrected chi connectivity index (χ4v) is 2.98. The number of nitrogens with two attached hydrogens (primary N) is 1. The van der Waals surface area contributed by atoms with Crippen LogP contribution in [0.1, 0.15) is 23.0 Å². The van der Waals surface area contributed by atoms with Gasteiger partial charge in [0.2, 0.25) is 10.6 Å². The second-order valence-electron chi connectivity index (χ2n) is 6.14. The van der Waals surface area contributed by atoms with Gasteiger partial charge in [0, 0.05) is 0 Å². The number of benzene rings is 2. The van der Waals surface area contributed by atoms with E-state index >= 15 is 0 Å². The molecule has 2 aromatic carbocycles. The van der Waals surface area contributed by atoms with E-state index in [1.807, 2.05) is 6.07 Å². The van der Waals surface area contributed by atoms with E-state index in [-0.39, 0.29) is 16.4 Å². The number of nitrogens with one attached hydrogen (secondary N) is 2. The van der Waals surface area contributed by atoms with Crippen LogP contribution in [0.15, 0.2) is 65.8 Å². The number of hydrogen-bond donors (Lipinski definition) is 3. The number of nitrogen functional groups attached to an aromatic ring is 1. The molecule has 3 aromatic rings. The van der Waals surface area contributed by atoms with E-state index in [1.165, 1.54) is 0 Å². The number of anilines is 1. The first kappa shape index (κ1) is 20.5. The maximum absolute atomic E-state index is 13.3. The molecule has 0 saturated heterocycles. The summed E-state index contributed by atoms with van der Waals surface area (Å²) in [4.78, 5) is 18.3. The predicted octanol–water partition coefficient (Wildman–Crippen LogP) is 2.61. The summed E-state index contributed by atoms with van der Waals surface area (Å²) in [6, 6.07) is 21.4. The van der Waals surface area contributed by atoms with Crippen LogP contribution in [0.3, 0.4) is 0 Å². The Hall–Kier alpha value is -4.28. The summed E-state index contributed by atoms with van der Waals surface area (Å²) in [5.41, 5.74) is 3.48. The van der Waals surface area contributed by atoms with Crippen LogP contribution < -0.4 is 11.3 Å². The van der Waals surface area contributed by atoms with Gasteiger partial charge in [0.15, 0.2) is 0 Å². The number of hydrogen-bond acceptors (Lipinski definition) is 8. The average molecular weight is 416 g/mol. The number of nitriles is 2. The third kappa shape index (κ3) is 4.41. The van der Waals surface area contributed by atoms with Gasteiger partial charge in [-0.15, -0.1) is 0 Å². The van der Waals surface area contributed by atoms with Crippen molar-refractivity contribution in [2.75, 3.05) is 11.3 Å². The molecule has 0 aliphatic carbocycles. The second kappa shape index (κ2) is 9.28. The van der Waals surface area contributed by atoms with Gasteiger partial charge in [-0.1, -0.05) is 60.7 Å². The van der Waals surface area contributed by atoms with E-state index in [4.69, 9.17) is 18.1 Å². The first-order valence-electron chi connectivity index (χ1n) is 8.76. The molecule has 4 N–H and O–H groups in total. The lowest BCUT2D eigenvalue weighted by atomic mass is 9.86. The molecule has 0 saturated carbocycles. The molecule has 148 valence electrons. The van der Waals surface area contributed by atoms with Crippen LogP contribution in [0.25, 0.3) is 0 Å². The van der Waals surface area contributed by atoms with Crippen LogP contribution in [0.2, 0.25) is 0 Å². The average Bonchev–Trinajstić information content (AvgIpc) is 3.09. The number of nitrogens with zero attached hydrogens (tertiary/aromatic N) is 5. The van der Waals surface area contributed by atoms with Gasteiger partial charge in [-0.05, 0) is 23.3 Å². The van der Waals surface area contributed by atoms with E-state index in [0.717, 1.165) is 4.79 Å². The number of aromatic nitrogens is 3. The van der Waals surface area contributed by atoms with Crippen LogP contribution in [-0.2, 0) is 4.79 Å². The van der Waals surface area contributed by atoms with Gasteiger partial charge < -0.3 is 5.84 Å². The van der Waals surface area contributed by atoms with Crippen molar-refractivity contribution in [1.82, 2.24) is 14.9 Å². The van der Waals surface area contributed by atoms with Crippen molar-refractivity contribution in [1.29, 1.82) is 10.5 Å². The lowest BCUT2D eigenvalue weighted by Gasteiger charge is -2.15. The molecule has 0 spiro atoms. The fraction of sp³-hybridized carbons (Fsp3) is 0.100. The SMILES string of the molecule is N#C[C@H](C(=O)/C(=N\Nc1nc(=S)[nH]n1N)[C@@H](C#N)c1ccccc1)c1ccccc1. The van der Waals surface area contributed by atoms with E-state index in [1.54, 1.807) is 60.7 Å². The zero-order chi connectivity index (χ0) is 21.5. The van der Waals surface area contributed by atoms with Crippen molar-refractivity contribution in [3.63, 3.8) is 0 Å². The van der Waals surface area contributed by atoms with Crippen molar-refractivity contribution in [3.05, 3.63) is 76.6 Å². The quantitative estimate of drug-likeness (QED) is 0.232. The lowest BCUT2D eigenvalue weighted by molar-refractivity contribution is -0.113. The van der Waals surface area contributed by atoms with E-state index in [9.17, 15) is 15.3 Å². The first-order chi connectivity index (χ1) is 14.5. The number of hydrazone groups is 1. The molecule has 0 unspecified atom stereocenters. The molecule has 3 rings (SSSR count). The number of carbonyl (C=O) groups is 1. The number of carbonyl (C=O) groups excluding carboxylic acids is 1. The molecular weight excluding hydrogens is 400 g/mol. The minimum Gasteiger partial charge on any atom is -0.321 e. The third-order valence-electron chi connectivity index (χ3n) is 4.24. The molecule has 1 heterocycles. The van der Waals surface area contributed by atoms with Crippen LogP contribution in [0.5, 0.6) is 0 Å². The van der Waals surface area contributed by atoms with Crippen molar-refractivity contribution in [2.24, 2.45) is 5.10 Å². The van der Waals surface area contributed by atoms with E-state index < -0.39 is 17.6 Å². The zero-order valence-electron chi connectivity index (χ0n) is 15.6. The highest BCUT2D eigenvalue weighted by atomic mass is 32.1. The van der Waals surface area contributed by atoms with Crippen molar-refractivity contribution in [2.45, 2.75) is 11.8 Å². The van der Waals surface area contributed by atoms with Gasteiger partial charge in [-0.3, -0.25) is 9.89 Å². The Labute approximate surface area is 177 Å². The lowest BCUT2D eigenvalue weighted by Crippen LogP contribution is -2.28.